The third-order valence-electron chi connectivity index (χ3n) is 7.75. The zero-order valence-corrected chi connectivity index (χ0v) is 26.5. The number of aryl methyl sites for hydroxylation is 1. The van der Waals surface area contributed by atoms with Gasteiger partial charge >= 0.3 is 12.2 Å². The summed E-state index contributed by atoms with van der Waals surface area (Å²) in [5.41, 5.74) is 0.870. The summed E-state index contributed by atoms with van der Waals surface area (Å²) in [7, 11) is -3.93. The number of benzene rings is 1. The predicted octanol–water partition coefficient (Wildman–Crippen LogP) is 2.94. The largest absolute Gasteiger partial charge is 0.447 e. The molecule has 2 aliphatic heterocycles. The van der Waals surface area contributed by atoms with Gasteiger partial charge in [0.15, 0.2) is 0 Å². The van der Waals surface area contributed by atoms with Gasteiger partial charge in [0.05, 0.1) is 22.9 Å². The topological polar surface area (TPSA) is 155 Å². The minimum atomic E-state index is -3.93. The second kappa shape index (κ2) is 15.3. The average Bonchev–Trinajstić information content (AvgIpc) is 3.43. The molecule has 3 aromatic rings. The van der Waals surface area contributed by atoms with Crippen LogP contribution in [0.15, 0.2) is 67.1 Å². The number of cyclic esters (lactones) is 1. The van der Waals surface area contributed by atoms with Gasteiger partial charge in [-0.1, -0.05) is 41.9 Å². The van der Waals surface area contributed by atoms with E-state index in [-0.39, 0.29) is 32.5 Å². The molecule has 2 atom stereocenters. The van der Waals surface area contributed by atoms with Crippen LogP contribution >= 0.6 is 11.6 Å². The lowest BCUT2D eigenvalue weighted by Crippen LogP contribution is -2.52. The van der Waals surface area contributed by atoms with E-state index in [0.717, 1.165) is 10.5 Å². The molecule has 0 unspecified atom stereocenters. The van der Waals surface area contributed by atoms with E-state index in [4.69, 9.17) is 21.2 Å². The van der Waals surface area contributed by atoms with Gasteiger partial charge in [-0.05, 0) is 43.0 Å². The molecule has 0 radical (unpaired) electrons. The monoisotopic (exact) mass is 671 g/mol. The number of amides is 3. The second-order valence-electron chi connectivity index (χ2n) is 10.8. The van der Waals surface area contributed by atoms with Gasteiger partial charge in [0.1, 0.15) is 18.2 Å². The van der Waals surface area contributed by atoms with E-state index < -0.39 is 40.0 Å². The Morgan fingerprint density at radius 3 is 2.48 bits per heavy atom. The van der Waals surface area contributed by atoms with E-state index in [0.29, 0.717) is 54.1 Å². The van der Waals surface area contributed by atoms with Crippen LogP contribution in [-0.4, -0.2) is 107 Å². The Morgan fingerprint density at radius 2 is 1.80 bits per heavy atom. The van der Waals surface area contributed by atoms with E-state index in [9.17, 15) is 22.8 Å². The number of hydrogen-bond acceptors (Lipinski definition) is 11. The number of aromatic nitrogens is 3. The van der Waals surface area contributed by atoms with Crippen LogP contribution in [0.2, 0.25) is 5.02 Å². The van der Waals surface area contributed by atoms with Crippen molar-refractivity contribution in [2.45, 2.75) is 37.8 Å². The minimum Gasteiger partial charge on any atom is -0.447 e. The molecule has 46 heavy (non-hydrogen) atoms. The van der Waals surface area contributed by atoms with Crippen LogP contribution in [0.25, 0.3) is 0 Å². The molecule has 5 rings (SSSR count). The second-order valence-corrected chi connectivity index (χ2v) is 13.3. The molecular formula is C30H34ClN7O7S. The Bertz CT molecular complexity index is 1580. The number of piperazine rings is 1. The normalized spacial score (nSPS) is 17.8. The fraction of sp³-hybridized carbons (Fsp3) is 0.400. The van der Waals surface area contributed by atoms with Crippen LogP contribution in [0, 0.1) is 0 Å². The number of nitrogens with zero attached hydrogens (tertiary/aromatic N) is 7. The van der Waals surface area contributed by atoms with Crippen molar-refractivity contribution in [3.63, 3.8) is 0 Å². The fourth-order valence-electron chi connectivity index (χ4n) is 5.37. The number of pyridine rings is 1. The summed E-state index contributed by atoms with van der Waals surface area (Å²) >= 11 is 5.94. The molecule has 3 amide bonds. The van der Waals surface area contributed by atoms with Crippen LogP contribution in [-0.2, 0) is 37.2 Å². The van der Waals surface area contributed by atoms with Gasteiger partial charge in [-0.15, -0.1) is 0 Å². The average molecular weight is 672 g/mol. The van der Waals surface area contributed by atoms with E-state index in [1.807, 2.05) is 35.2 Å². The molecule has 2 aromatic heterocycles. The lowest BCUT2D eigenvalue weighted by molar-refractivity contribution is -0.162. The van der Waals surface area contributed by atoms with Crippen molar-refractivity contribution in [2.75, 3.05) is 43.4 Å². The van der Waals surface area contributed by atoms with E-state index in [1.54, 1.807) is 30.6 Å². The molecule has 14 nitrogen and oxygen atoms in total. The maximum absolute atomic E-state index is 13.7. The Kier molecular flexibility index (Phi) is 11.0. The summed E-state index contributed by atoms with van der Waals surface area (Å²) in [6, 6.07) is 12.7. The first-order valence-electron chi connectivity index (χ1n) is 14.8. The van der Waals surface area contributed by atoms with Gasteiger partial charge in [-0.25, -0.2) is 37.9 Å². The quantitative estimate of drug-likeness (QED) is 0.195. The molecule has 0 N–H and O–H groups in total. The Morgan fingerprint density at radius 1 is 1.07 bits per heavy atom. The maximum Gasteiger partial charge on any atom is 0.444 e. The molecule has 1 aromatic carbocycles. The number of anilines is 1. The lowest BCUT2D eigenvalue weighted by atomic mass is 10.1. The highest BCUT2D eigenvalue weighted by molar-refractivity contribution is 7.89. The molecule has 0 bridgehead atoms. The maximum atomic E-state index is 13.7. The molecule has 244 valence electrons. The summed E-state index contributed by atoms with van der Waals surface area (Å²) in [5, 5.41) is 1.19. The Hall–Kier alpha value is -4.34. The third kappa shape index (κ3) is 8.47. The molecular weight excluding hydrogens is 638 g/mol. The Balaban J connectivity index is 1.27. The summed E-state index contributed by atoms with van der Waals surface area (Å²) in [4.78, 5) is 59.0. The molecule has 4 heterocycles. The van der Waals surface area contributed by atoms with Crippen molar-refractivity contribution in [1.82, 2.24) is 29.2 Å². The number of halogens is 1. The van der Waals surface area contributed by atoms with Gasteiger partial charge < -0.3 is 14.5 Å². The first-order valence-corrected chi connectivity index (χ1v) is 16.8. The van der Waals surface area contributed by atoms with Gasteiger partial charge in [0.25, 0.3) is 0 Å². The van der Waals surface area contributed by atoms with Crippen molar-refractivity contribution in [3.05, 3.63) is 83.5 Å². The Labute approximate surface area is 271 Å². The van der Waals surface area contributed by atoms with Gasteiger partial charge in [-0.3, -0.25) is 4.79 Å². The van der Waals surface area contributed by atoms with Crippen molar-refractivity contribution < 1.29 is 32.4 Å². The van der Waals surface area contributed by atoms with Crippen LogP contribution in [0.1, 0.15) is 24.2 Å². The number of imide groups is 1. The summed E-state index contributed by atoms with van der Waals surface area (Å²) in [6.45, 7) is 1.14. The zero-order chi connectivity index (χ0) is 32.5. The number of carbonyl (C=O) groups is 3. The number of hydrogen-bond donors (Lipinski definition) is 0. The highest BCUT2D eigenvalue weighted by Gasteiger charge is 2.41. The van der Waals surface area contributed by atoms with Gasteiger partial charge in [0.2, 0.25) is 16.4 Å². The van der Waals surface area contributed by atoms with E-state index in [2.05, 4.69) is 15.0 Å². The minimum absolute atomic E-state index is 0.0453. The van der Waals surface area contributed by atoms with Gasteiger partial charge in [-0.2, -0.15) is 9.37 Å². The van der Waals surface area contributed by atoms with Crippen LogP contribution in [0.3, 0.4) is 0 Å². The number of carbonyl (C=O) groups excluding carboxylic acids is 3. The van der Waals surface area contributed by atoms with Gasteiger partial charge in [0, 0.05) is 51.2 Å². The molecule has 2 aliphatic rings. The molecule has 16 heteroatoms. The van der Waals surface area contributed by atoms with Crippen molar-refractivity contribution in [2.24, 2.45) is 0 Å². The molecule has 0 aliphatic carbocycles. The van der Waals surface area contributed by atoms with E-state index >= 15 is 0 Å². The van der Waals surface area contributed by atoms with Crippen LogP contribution in [0.5, 0.6) is 0 Å². The van der Waals surface area contributed by atoms with Crippen molar-refractivity contribution in [3.8, 4) is 0 Å². The molecule has 0 spiro atoms. The third-order valence-corrected chi connectivity index (χ3v) is 9.93. The number of ether oxygens (including phenoxy) is 1. The standard InChI is InChI=1S/C30H34ClN7O7S/c31-24-10-11-28(34-19-24)35-14-16-36(17-15-35)46(42,43)21-25(8-4-9-27-32-12-5-13-33-27)37(22-39)45-30(41)38-26(20-44-29(38)40)18-23-6-2-1-3-7-23/h1-3,5-7,10-13,19,22,25-26H,4,8-9,14-18,20-21H2/t25-,26-/m0/s1. The SMILES string of the molecule is O=CN(OC(=O)N1C(=O)OC[C@@H]1Cc1ccccc1)[C@@H](CCCc1ncccn1)CS(=O)(=O)N1CCN(c2ccc(Cl)cn2)CC1. The van der Waals surface area contributed by atoms with E-state index in [1.165, 1.54) is 10.5 Å². The number of hydroxylamine groups is 2. The number of rotatable bonds is 13. The highest BCUT2D eigenvalue weighted by Crippen LogP contribution is 2.22. The first kappa shape index (κ1) is 33.0. The predicted molar refractivity (Wildman–Crippen MR) is 167 cm³/mol. The van der Waals surface area contributed by atoms with Crippen molar-refractivity contribution in [1.29, 1.82) is 0 Å². The lowest BCUT2D eigenvalue weighted by Gasteiger charge is -2.36. The summed E-state index contributed by atoms with van der Waals surface area (Å²) in [6.07, 6.45) is 4.22. The fourth-order valence-corrected chi connectivity index (χ4v) is 7.22. The summed E-state index contributed by atoms with van der Waals surface area (Å²) < 4.78 is 33.8. The summed E-state index contributed by atoms with van der Waals surface area (Å²) in [5.74, 6) is 0.730. The van der Waals surface area contributed by atoms with Crippen LogP contribution < -0.4 is 4.90 Å². The highest BCUT2D eigenvalue weighted by atomic mass is 35.5. The van der Waals surface area contributed by atoms with Crippen LogP contribution in [0.4, 0.5) is 15.4 Å². The molecule has 2 saturated heterocycles. The smallest absolute Gasteiger partial charge is 0.444 e. The zero-order valence-electron chi connectivity index (χ0n) is 24.9. The van der Waals surface area contributed by atoms with Crippen molar-refractivity contribution >= 4 is 46.0 Å². The first-order chi connectivity index (χ1) is 22.2. The molecule has 0 saturated carbocycles. The number of sulfonamides is 1. The molecule has 2 fully saturated rings.